The summed E-state index contributed by atoms with van der Waals surface area (Å²) in [5.74, 6) is -0.514. The lowest BCUT2D eigenvalue weighted by molar-refractivity contribution is -0.122. The molecule has 0 saturated carbocycles. The lowest BCUT2D eigenvalue weighted by atomic mass is 10.1. The molecule has 2 aromatic rings. The van der Waals surface area contributed by atoms with E-state index < -0.39 is 6.04 Å². The van der Waals surface area contributed by atoms with Gasteiger partial charge in [-0.25, -0.2) is 4.98 Å². The molecule has 0 saturated heterocycles. The molecule has 2 amide bonds. The predicted octanol–water partition coefficient (Wildman–Crippen LogP) is 1.64. The fourth-order valence-corrected chi connectivity index (χ4v) is 2.48. The first-order valence-electron chi connectivity index (χ1n) is 7.20. The number of hydrogen-bond acceptors (Lipinski definition) is 5. The van der Waals surface area contributed by atoms with Gasteiger partial charge in [-0.05, 0) is 25.1 Å². The van der Waals surface area contributed by atoms with Gasteiger partial charge in [-0.15, -0.1) is 11.3 Å². The van der Waals surface area contributed by atoms with Gasteiger partial charge in [0.1, 0.15) is 6.04 Å². The predicted molar refractivity (Wildman–Crippen MR) is 91.7 cm³/mol. The summed E-state index contributed by atoms with van der Waals surface area (Å²) in [4.78, 5) is 30.3. The maximum absolute atomic E-state index is 12.2. The number of aromatic nitrogens is 1. The van der Waals surface area contributed by atoms with Gasteiger partial charge in [-0.2, -0.15) is 0 Å². The number of thiazole rings is 1. The van der Waals surface area contributed by atoms with Gasteiger partial charge in [0.2, 0.25) is 5.91 Å². The van der Waals surface area contributed by atoms with Gasteiger partial charge in [-0.1, -0.05) is 6.07 Å². The third-order valence-corrected chi connectivity index (χ3v) is 3.93. The van der Waals surface area contributed by atoms with Gasteiger partial charge in [-0.3, -0.25) is 9.59 Å². The van der Waals surface area contributed by atoms with E-state index in [2.05, 4.69) is 15.6 Å². The summed E-state index contributed by atoms with van der Waals surface area (Å²) < 4.78 is 0. The molecule has 6 nitrogen and oxygen atoms in total. The Morgan fingerprint density at radius 3 is 2.78 bits per heavy atom. The van der Waals surface area contributed by atoms with Crippen molar-refractivity contribution in [1.29, 1.82) is 0 Å². The molecule has 0 radical (unpaired) electrons. The SMILES string of the molecule is C[C@@H](NC(=O)c1cccc(N(C)C)c1)C(=O)NCc1cscn1. The normalized spacial score (nSPS) is 11.6. The Morgan fingerprint density at radius 1 is 1.35 bits per heavy atom. The lowest BCUT2D eigenvalue weighted by Gasteiger charge is -2.16. The minimum absolute atomic E-state index is 0.241. The van der Waals surface area contributed by atoms with Crippen LogP contribution in [-0.4, -0.2) is 36.9 Å². The second-order valence-corrected chi connectivity index (χ2v) is 6.06. The van der Waals surface area contributed by atoms with Crippen molar-refractivity contribution >= 4 is 28.8 Å². The Kier molecular flexibility index (Phi) is 5.70. The molecular formula is C16H20N4O2S. The summed E-state index contributed by atoms with van der Waals surface area (Å²) in [5.41, 5.74) is 3.97. The Morgan fingerprint density at radius 2 is 2.13 bits per heavy atom. The van der Waals surface area contributed by atoms with Crippen molar-refractivity contribution in [2.75, 3.05) is 19.0 Å². The topological polar surface area (TPSA) is 74.3 Å². The molecule has 0 aliphatic heterocycles. The number of carbonyl (C=O) groups is 2. The fraction of sp³-hybridized carbons (Fsp3) is 0.312. The smallest absolute Gasteiger partial charge is 0.251 e. The van der Waals surface area contributed by atoms with Gasteiger partial charge in [0.15, 0.2) is 0 Å². The van der Waals surface area contributed by atoms with Crippen LogP contribution in [0, 0.1) is 0 Å². The second-order valence-electron chi connectivity index (χ2n) is 5.34. The number of carbonyl (C=O) groups excluding carboxylic acids is 2. The Hall–Kier alpha value is -2.41. The van der Waals surface area contributed by atoms with E-state index in [0.717, 1.165) is 11.4 Å². The molecule has 0 unspecified atom stereocenters. The van der Waals surface area contributed by atoms with Gasteiger partial charge in [0, 0.05) is 30.7 Å². The van der Waals surface area contributed by atoms with Crippen LogP contribution in [0.4, 0.5) is 5.69 Å². The van der Waals surface area contributed by atoms with Crippen molar-refractivity contribution < 1.29 is 9.59 Å². The summed E-state index contributed by atoms with van der Waals surface area (Å²) in [6.45, 7) is 2.02. The van der Waals surface area contributed by atoms with E-state index in [4.69, 9.17) is 0 Å². The molecule has 0 bridgehead atoms. The van der Waals surface area contributed by atoms with Crippen LogP contribution in [0.25, 0.3) is 0 Å². The third kappa shape index (κ3) is 4.79. The van der Waals surface area contributed by atoms with E-state index in [1.165, 1.54) is 11.3 Å². The number of rotatable bonds is 6. The molecule has 7 heteroatoms. The molecule has 1 aromatic heterocycles. The summed E-state index contributed by atoms with van der Waals surface area (Å²) >= 11 is 1.48. The van der Waals surface area contributed by atoms with Crippen molar-refractivity contribution in [2.24, 2.45) is 0 Å². The van der Waals surface area contributed by atoms with Crippen LogP contribution in [0.5, 0.6) is 0 Å². The first-order valence-corrected chi connectivity index (χ1v) is 8.14. The zero-order valence-electron chi connectivity index (χ0n) is 13.4. The molecule has 0 fully saturated rings. The molecule has 2 rings (SSSR count). The van der Waals surface area contributed by atoms with E-state index in [0.29, 0.717) is 12.1 Å². The average Bonchev–Trinajstić information content (AvgIpc) is 3.06. The third-order valence-electron chi connectivity index (χ3n) is 3.29. The zero-order valence-corrected chi connectivity index (χ0v) is 14.2. The maximum atomic E-state index is 12.2. The molecule has 0 aliphatic carbocycles. The molecule has 23 heavy (non-hydrogen) atoms. The molecule has 1 heterocycles. The highest BCUT2D eigenvalue weighted by Crippen LogP contribution is 2.13. The van der Waals surface area contributed by atoms with E-state index in [1.54, 1.807) is 24.6 Å². The van der Waals surface area contributed by atoms with Crippen molar-refractivity contribution in [1.82, 2.24) is 15.6 Å². The summed E-state index contributed by atoms with van der Waals surface area (Å²) in [5, 5.41) is 7.33. The number of amides is 2. The Labute approximate surface area is 139 Å². The number of hydrogen-bond donors (Lipinski definition) is 2. The fourth-order valence-electron chi connectivity index (χ4n) is 1.93. The zero-order chi connectivity index (χ0) is 16.8. The van der Waals surface area contributed by atoms with Crippen molar-refractivity contribution in [3.8, 4) is 0 Å². The number of anilines is 1. The standard InChI is InChI=1S/C16H20N4O2S/c1-11(15(21)17-8-13-9-23-10-18-13)19-16(22)12-5-4-6-14(7-12)20(2)3/h4-7,9-11H,8H2,1-3H3,(H,17,21)(H,19,22)/t11-/m1/s1. The van der Waals surface area contributed by atoms with Crippen molar-refractivity contribution in [2.45, 2.75) is 19.5 Å². The Bertz CT molecular complexity index is 670. The monoisotopic (exact) mass is 332 g/mol. The summed E-state index contributed by atoms with van der Waals surface area (Å²) in [6.07, 6.45) is 0. The van der Waals surface area contributed by atoms with E-state index >= 15 is 0 Å². The van der Waals surface area contributed by atoms with Crippen molar-refractivity contribution in [3.63, 3.8) is 0 Å². The Balaban J connectivity index is 1.91. The van der Waals surface area contributed by atoms with Gasteiger partial charge >= 0.3 is 0 Å². The van der Waals surface area contributed by atoms with Crippen LogP contribution in [0.2, 0.25) is 0 Å². The van der Waals surface area contributed by atoms with Crippen LogP contribution in [-0.2, 0) is 11.3 Å². The van der Waals surface area contributed by atoms with E-state index in [9.17, 15) is 9.59 Å². The van der Waals surface area contributed by atoms with Crippen LogP contribution < -0.4 is 15.5 Å². The second kappa shape index (κ2) is 7.73. The quantitative estimate of drug-likeness (QED) is 0.843. The molecule has 0 aliphatic rings. The largest absolute Gasteiger partial charge is 0.378 e. The highest BCUT2D eigenvalue weighted by atomic mass is 32.1. The highest BCUT2D eigenvalue weighted by molar-refractivity contribution is 7.07. The maximum Gasteiger partial charge on any atom is 0.251 e. The summed E-state index contributed by atoms with van der Waals surface area (Å²) in [6, 6.07) is 6.62. The van der Waals surface area contributed by atoms with Crippen molar-refractivity contribution in [3.05, 3.63) is 46.4 Å². The summed E-state index contributed by atoms with van der Waals surface area (Å²) in [7, 11) is 3.82. The minimum Gasteiger partial charge on any atom is -0.378 e. The molecule has 122 valence electrons. The lowest BCUT2D eigenvalue weighted by Crippen LogP contribution is -2.44. The van der Waals surface area contributed by atoms with Gasteiger partial charge in [0.25, 0.3) is 5.91 Å². The van der Waals surface area contributed by atoms with Crippen LogP contribution in [0.1, 0.15) is 23.0 Å². The minimum atomic E-state index is -0.621. The van der Waals surface area contributed by atoms with Crippen LogP contribution >= 0.6 is 11.3 Å². The molecular weight excluding hydrogens is 312 g/mol. The van der Waals surface area contributed by atoms with Crippen LogP contribution in [0.3, 0.4) is 0 Å². The molecule has 1 atom stereocenters. The van der Waals surface area contributed by atoms with Crippen LogP contribution in [0.15, 0.2) is 35.2 Å². The van der Waals surface area contributed by atoms with Gasteiger partial charge < -0.3 is 15.5 Å². The first kappa shape index (κ1) is 17.0. The van der Waals surface area contributed by atoms with Gasteiger partial charge in [0.05, 0.1) is 17.7 Å². The molecule has 1 aromatic carbocycles. The highest BCUT2D eigenvalue weighted by Gasteiger charge is 2.17. The first-order chi connectivity index (χ1) is 11.0. The average molecular weight is 332 g/mol. The number of nitrogens with one attached hydrogen (secondary N) is 2. The molecule has 0 spiro atoms. The van der Waals surface area contributed by atoms with E-state index in [-0.39, 0.29) is 11.8 Å². The number of benzene rings is 1. The molecule has 2 N–H and O–H groups in total. The van der Waals surface area contributed by atoms with E-state index in [1.807, 2.05) is 36.5 Å². The number of nitrogens with zero attached hydrogens (tertiary/aromatic N) is 2.